The highest BCUT2D eigenvalue weighted by atomic mass is 16.3. The molecule has 0 aromatic heterocycles. The highest BCUT2D eigenvalue weighted by Gasteiger charge is 2.20. The van der Waals surface area contributed by atoms with Gasteiger partial charge in [0.05, 0.1) is 0 Å². The first kappa shape index (κ1) is 11.8. The van der Waals surface area contributed by atoms with Crippen LogP contribution in [0.15, 0.2) is 17.1 Å². The van der Waals surface area contributed by atoms with Gasteiger partial charge in [0, 0.05) is 11.8 Å². The minimum absolute atomic E-state index is 0.0614. The minimum atomic E-state index is -0.0614. The van der Waals surface area contributed by atoms with Crippen LogP contribution in [0.1, 0.15) is 38.8 Å². The van der Waals surface area contributed by atoms with Gasteiger partial charge in [-0.3, -0.25) is 4.99 Å². The number of aryl methyl sites for hydroxylation is 1. The normalized spacial score (nSPS) is 12.3. The molecule has 2 nitrogen and oxygen atoms in total. The van der Waals surface area contributed by atoms with Crippen molar-refractivity contribution < 1.29 is 5.11 Å². The summed E-state index contributed by atoms with van der Waals surface area (Å²) in [4.78, 5) is 4.17. The summed E-state index contributed by atoms with van der Waals surface area (Å²) in [7, 11) is 0. The van der Waals surface area contributed by atoms with Gasteiger partial charge in [0.25, 0.3) is 0 Å². The zero-order valence-electron chi connectivity index (χ0n) is 10.1. The Bertz CT molecular complexity index is 386. The topological polar surface area (TPSA) is 32.6 Å². The summed E-state index contributed by atoms with van der Waals surface area (Å²) in [5, 5.41) is 10.1. The number of phenols is 1. The Kier molecular flexibility index (Phi) is 3.18. The van der Waals surface area contributed by atoms with Crippen molar-refractivity contribution in [2.75, 3.05) is 0 Å². The van der Waals surface area contributed by atoms with Gasteiger partial charge in [-0.05, 0) is 30.9 Å². The molecule has 0 aliphatic carbocycles. The molecule has 82 valence electrons. The van der Waals surface area contributed by atoms with Crippen molar-refractivity contribution in [2.45, 2.75) is 40.0 Å². The molecule has 15 heavy (non-hydrogen) atoms. The molecular formula is C13H19NO. The Balaban J connectivity index is 3.41. The standard InChI is InChI=1S/C13H19NO/c1-6-14-11-8-9(2)7-10(12(11)15)13(3,4)5/h6-8,15H,1-5H3/b14-6-. The molecule has 1 rings (SSSR count). The van der Waals surface area contributed by atoms with Gasteiger partial charge in [0.15, 0.2) is 0 Å². The van der Waals surface area contributed by atoms with E-state index in [0.29, 0.717) is 11.4 Å². The maximum atomic E-state index is 10.1. The number of hydrogen-bond acceptors (Lipinski definition) is 2. The number of hydrogen-bond donors (Lipinski definition) is 1. The second-order valence-electron chi connectivity index (χ2n) is 4.82. The molecule has 0 amide bonds. The zero-order valence-corrected chi connectivity index (χ0v) is 10.1. The zero-order chi connectivity index (χ0) is 11.6. The van der Waals surface area contributed by atoms with Crippen molar-refractivity contribution in [2.24, 2.45) is 4.99 Å². The molecule has 0 fully saturated rings. The van der Waals surface area contributed by atoms with Crippen LogP contribution in [0.25, 0.3) is 0 Å². The lowest BCUT2D eigenvalue weighted by molar-refractivity contribution is 0.448. The van der Waals surface area contributed by atoms with E-state index in [0.717, 1.165) is 11.1 Å². The molecule has 0 aliphatic rings. The second kappa shape index (κ2) is 4.05. The predicted octanol–water partition coefficient (Wildman–Crippen LogP) is 3.72. The van der Waals surface area contributed by atoms with Crippen LogP contribution in [-0.2, 0) is 5.41 Å². The van der Waals surface area contributed by atoms with Crippen molar-refractivity contribution in [1.29, 1.82) is 0 Å². The monoisotopic (exact) mass is 205 g/mol. The van der Waals surface area contributed by atoms with Crippen LogP contribution in [0.3, 0.4) is 0 Å². The van der Waals surface area contributed by atoms with Crippen molar-refractivity contribution in [3.8, 4) is 5.75 Å². The summed E-state index contributed by atoms with van der Waals surface area (Å²) in [6, 6.07) is 3.91. The van der Waals surface area contributed by atoms with Crippen LogP contribution in [0.2, 0.25) is 0 Å². The third-order valence-corrected chi connectivity index (χ3v) is 2.31. The first-order valence-corrected chi connectivity index (χ1v) is 5.19. The van der Waals surface area contributed by atoms with Crippen LogP contribution in [0, 0.1) is 6.92 Å². The predicted molar refractivity (Wildman–Crippen MR) is 65.4 cm³/mol. The molecule has 2 heteroatoms. The first-order chi connectivity index (χ1) is 6.86. The highest BCUT2D eigenvalue weighted by molar-refractivity contribution is 5.67. The summed E-state index contributed by atoms with van der Waals surface area (Å²) in [5.74, 6) is 0.297. The molecule has 0 heterocycles. The van der Waals surface area contributed by atoms with Gasteiger partial charge in [0.1, 0.15) is 11.4 Å². The van der Waals surface area contributed by atoms with E-state index in [-0.39, 0.29) is 5.41 Å². The molecule has 1 aromatic carbocycles. The van der Waals surface area contributed by atoms with Crippen LogP contribution >= 0.6 is 0 Å². The molecule has 0 unspecified atom stereocenters. The van der Waals surface area contributed by atoms with E-state index < -0.39 is 0 Å². The number of rotatable bonds is 1. The van der Waals surface area contributed by atoms with Gasteiger partial charge in [-0.25, -0.2) is 0 Å². The SMILES string of the molecule is C/C=N\c1cc(C)cc(C(C)(C)C)c1O. The lowest BCUT2D eigenvalue weighted by atomic mass is 9.85. The van der Waals surface area contributed by atoms with Crippen LogP contribution in [0.5, 0.6) is 5.75 Å². The number of aromatic hydroxyl groups is 1. The third kappa shape index (κ3) is 2.58. The third-order valence-electron chi connectivity index (χ3n) is 2.31. The Labute approximate surface area is 91.7 Å². The second-order valence-corrected chi connectivity index (χ2v) is 4.82. The Hall–Kier alpha value is -1.31. The Morgan fingerprint density at radius 1 is 1.27 bits per heavy atom. The average molecular weight is 205 g/mol. The van der Waals surface area contributed by atoms with Gasteiger partial charge in [-0.2, -0.15) is 0 Å². The van der Waals surface area contributed by atoms with Crippen molar-refractivity contribution in [1.82, 2.24) is 0 Å². The van der Waals surface area contributed by atoms with E-state index in [2.05, 4.69) is 25.8 Å². The fraction of sp³-hybridized carbons (Fsp3) is 0.462. The quantitative estimate of drug-likeness (QED) is 0.696. The summed E-state index contributed by atoms with van der Waals surface area (Å²) >= 11 is 0. The number of benzene rings is 1. The summed E-state index contributed by atoms with van der Waals surface area (Å²) in [5.41, 5.74) is 2.66. The maximum Gasteiger partial charge on any atom is 0.144 e. The molecule has 0 atom stereocenters. The molecular weight excluding hydrogens is 186 g/mol. The summed E-state index contributed by atoms with van der Waals surface area (Å²) in [6.07, 6.45) is 1.70. The Morgan fingerprint density at radius 2 is 1.87 bits per heavy atom. The largest absolute Gasteiger partial charge is 0.505 e. The lowest BCUT2D eigenvalue weighted by Crippen LogP contribution is -2.11. The summed E-state index contributed by atoms with van der Waals surface area (Å²) < 4.78 is 0. The summed E-state index contributed by atoms with van der Waals surface area (Å²) in [6.45, 7) is 10.1. The van der Waals surface area contributed by atoms with Gasteiger partial charge in [0.2, 0.25) is 0 Å². The maximum absolute atomic E-state index is 10.1. The first-order valence-electron chi connectivity index (χ1n) is 5.19. The van der Waals surface area contributed by atoms with Crippen LogP contribution < -0.4 is 0 Å². The molecule has 0 aliphatic heterocycles. The molecule has 0 radical (unpaired) electrons. The van der Waals surface area contributed by atoms with E-state index in [1.807, 2.05) is 26.0 Å². The van der Waals surface area contributed by atoms with Crippen molar-refractivity contribution in [3.63, 3.8) is 0 Å². The van der Waals surface area contributed by atoms with Crippen LogP contribution in [0.4, 0.5) is 5.69 Å². The van der Waals surface area contributed by atoms with Gasteiger partial charge in [-0.1, -0.05) is 26.8 Å². The van der Waals surface area contributed by atoms with Gasteiger partial charge >= 0.3 is 0 Å². The molecule has 0 spiro atoms. The number of aliphatic imine (C=N–C) groups is 1. The van der Waals surface area contributed by atoms with Gasteiger partial charge in [-0.15, -0.1) is 0 Å². The van der Waals surface area contributed by atoms with E-state index in [1.165, 1.54) is 0 Å². The molecule has 0 saturated carbocycles. The molecule has 1 aromatic rings. The van der Waals surface area contributed by atoms with E-state index >= 15 is 0 Å². The van der Waals surface area contributed by atoms with Crippen LogP contribution in [-0.4, -0.2) is 11.3 Å². The number of phenolic OH excluding ortho intramolecular Hbond substituents is 1. The molecule has 0 saturated heterocycles. The molecule has 1 N–H and O–H groups in total. The fourth-order valence-corrected chi connectivity index (χ4v) is 1.57. The van der Waals surface area contributed by atoms with E-state index in [1.54, 1.807) is 6.21 Å². The smallest absolute Gasteiger partial charge is 0.144 e. The number of nitrogens with zero attached hydrogens (tertiary/aromatic N) is 1. The molecule has 0 bridgehead atoms. The average Bonchev–Trinajstić information content (AvgIpc) is 2.09. The van der Waals surface area contributed by atoms with E-state index in [9.17, 15) is 5.11 Å². The lowest BCUT2D eigenvalue weighted by Gasteiger charge is -2.21. The minimum Gasteiger partial charge on any atom is -0.505 e. The fourth-order valence-electron chi connectivity index (χ4n) is 1.57. The van der Waals surface area contributed by atoms with Crippen molar-refractivity contribution >= 4 is 11.9 Å². The van der Waals surface area contributed by atoms with Crippen molar-refractivity contribution in [3.05, 3.63) is 23.3 Å². The Morgan fingerprint density at radius 3 is 2.33 bits per heavy atom. The van der Waals surface area contributed by atoms with Gasteiger partial charge < -0.3 is 5.11 Å². The van der Waals surface area contributed by atoms with E-state index in [4.69, 9.17) is 0 Å². The highest BCUT2D eigenvalue weighted by Crippen LogP contribution is 2.38.